The SMILES string of the molecule is CC(=O)NC1[C@H](O[C@@H]2C(CO)O[C@@H](C)C(NC(C)=O)[C@H]2O)OC(CO)[C@@H](O[C@@H]2OC(CO)[C@@H](O)[C@H](O[C@H]3O[C@H](CO)[C@@H](O)C(O)C3O[C@@H]3OC(CO)[C@@H](O[C@@H]4OC(CO)[C@H](O)[C@H](O[C@]5(OC=O)C[C@@H](O)[C@@H](C)C([C@H](O)[C@H](O)CO)O5)C4O)[C@H](O)C3NC(C)=O)C2O)[C@@H]1O. The topological polar surface area (TPSA) is 618 Å². The highest BCUT2D eigenvalue weighted by Gasteiger charge is 2.61. The Balaban J connectivity index is 1.12. The number of rotatable bonds is 26. The summed E-state index contributed by atoms with van der Waals surface area (Å²) >= 11 is 0. The molecule has 22 N–H and O–H groups in total. The predicted octanol–water partition coefficient (Wildman–Crippen LogP) is -14.2. The van der Waals surface area contributed by atoms with Crippen molar-refractivity contribution in [1.29, 1.82) is 0 Å². The Morgan fingerprint density at radius 2 is 0.839 bits per heavy atom. The van der Waals surface area contributed by atoms with Crippen LogP contribution in [0.1, 0.15) is 41.0 Å². The first-order valence-corrected chi connectivity index (χ1v) is 29.9. The van der Waals surface area contributed by atoms with Crippen LogP contribution >= 0.6 is 0 Å². The Morgan fingerprint density at radius 3 is 1.29 bits per heavy atom. The van der Waals surface area contributed by atoms with Crippen LogP contribution in [0.15, 0.2) is 0 Å². The molecule has 40 nitrogen and oxygen atoms in total. The van der Waals surface area contributed by atoms with Crippen molar-refractivity contribution >= 4 is 24.2 Å². The van der Waals surface area contributed by atoms with Gasteiger partial charge in [0.25, 0.3) is 6.47 Å². The first kappa shape index (κ1) is 77.0. The lowest BCUT2D eigenvalue weighted by Gasteiger charge is -2.51. The zero-order valence-electron chi connectivity index (χ0n) is 50.8. The maximum absolute atomic E-state index is 12.9. The van der Waals surface area contributed by atoms with Crippen molar-refractivity contribution in [3.63, 3.8) is 0 Å². The lowest BCUT2D eigenvalue weighted by atomic mass is 9.87. The van der Waals surface area contributed by atoms with Crippen molar-refractivity contribution < 1.29 is 183 Å². The zero-order chi connectivity index (χ0) is 68.8. The van der Waals surface area contributed by atoms with Crippen LogP contribution in [0.5, 0.6) is 0 Å². The van der Waals surface area contributed by atoms with Gasteiger partial charge in [-0.2, -0.15) is 0 Å². The molecule has 40 heteroatoms. The summed E-state index contributed by atoms with van der Waals surface area (Å²) in [4.78, 5) is 49.5. The van der Waals surface area contributed by atoms with Gasteiger partial charge in [-0.1, -0.05) is 6.92 Å². The molecule has 13 unspecified atom stereocenters. The molecule has 538 valence electrons. The third-order valence-electron chi connectivity index (χ3n) is 17.2. The van der Waals surface area contributed by atoms with E-state index in [2.05, 4.69) is 16.0 Å². The van der Waals surface area contributed by atoms with Crippen molar-refractivity contribution in [1.82, 2.24) is 16.0 Å². The number of carbonyl (C=O) groups excluding carboxylic acids is 4. The van der Waals surface area contributed by atoms with Crippen LogP contribution in [0.4, 0.5) is 0 Å². The number of carbonyl (C=O) groups is 4. The fraction of sp³-hybridized carbons (Fsp3) is 0.925. The number of hydrogen-bond donors (Lipinski definition) is 22. The van der Waals surface area contributed by atoms with Crippen LogP contribution in [-0.4, -0.2) is 382 Å². The van der Waals surface area contributed by atoms with E-state index in [0.29, 0.717) is 0 Å². The Hall–Kier alpha value is -3.40. The van der Waals surface area contributed by atoms with Crippen molar-refractivity contribution in [3.8, 4) is 0 Å². The van der Waals surface area contributed by atoms with E-state index >= 15 is 0 Å². The average molecular weight is 1360 g/mol. The third kappa shape index (κ3) is 17.0. The normalized spacial score (nSPS) is 47.2. The third-order valence-corrected chi connectivity index (χ3v) is 17.2. The van der Waals surface area contributed by atoms with E-state index in [1.165, 1.54) is 20.8 Å². The van der Waals surface area contributed by atoms with E-state index in [0.717, 1.165) is 13.8 Å². The minimum atomic E-state index is -2.81. The minimum absolute atomic E-state index is 0.221. The number of ether oxygens (including phenoxy) is 14. The van der Waals surface area contributed by atoms with Gasteiger partial charge in [0.2, 0.25) is 17.7 Å². The van der Waals surface area contributed by atoms with Crippen LogP contribution in [0.25, 0.3) is 0 Å². The summed E-state index contributed by atoms with van der Waals surface area (Å²) < 4.78 is 81.9. The van der Waals surface area contributed by atoms with E-state index in [-0.39, 0.29) is 6.47 Å². The lowest BCUT2D eigenvalue weighted by molar-refractivity contribution is -0.448. The average Bonchev–Trinajstić information content (AvgIpc) is 0.775. The van der Waals surface area contributed by atoms with Gasteiger partial charge in [0.1, 0.15) is 152 Å². The molecule has 3 amide bonds. The van der Waals surface area contributed by atoms with Gasteiger partial charge in [-0.3, -0.25) is 19.2 Å². The molecule has 0 saturated carbocycles. The highest BCUT2D eigenvalue weighted by atomic mass is 16.9. The van der Waals surface area contributed by atoms with Gasteiger partial charge < -0.3 is 179 Å². The molecule has 0 aromatic heterocycles. The van der Waals surface area contributed by atoms with Crippen molar-refractivity contribution in [2.75, 3.05) is 46.2 Å². The minimum Gasteiger partial charge on any atom is -0.410 e. The molecule has 0 bridgehead atoms. The van der Waals surface area contributed by atoms with Gasteiger partial charge in [0, 0.05) is 26.7 Å². The molecule has 0 aromatic carbocycles. The van der Waals surface area contributed by atoms with Gasteiger partial charge in [-0.15, -0.1) is 0 Å². The maximum atomic E-state index is 12.9. The van der Waals surface area contributed by atoms with Gasteiger partial charge in [0.05, 0.1) is 77.0 Å². The molecule has 7 rings (SSSR count). The second kappa shape index (κ2) is 33.4. The summed E-state index contributed by atoms with van der Waals surface area (Å²) in [5, 5.41) is 217. The first-order valence-electron chi connectivity index (χ1n) is 29.9. The number of nitrogens with one attached hydrogen (secondary N) is 3. The van der Waals surface area contributed by atoms with E-state index in [4.69, 9.17) is 66.3 Å². The molecule has 0 spiro atoms. The lowest BCUT2D eigenvalue weighted by Crippen LogP contribution is -2.71. The van der Waals surface area contributed by atoms with Gasteiger partial charge >= 0.3 is 5.97 Å². The summed E-state index contributed by atoms with van der Waals surface area (Å²) in [6.45, 7) is -1.37. The quantitative estimate of drug-likeness (QED) is 0.0282. The van der Waals surface area contributed by atoms with Crippen molar-refractivity contribution in [2.24, 2.45) is 5.92 Å². The van der Waals surface area contributed by atoms with Crippen molar-refractivity contribution in [2.45, 2.75) is 255 Å². The fourth-order valence-electron chi connectivity index (χ4n) is 12.3. The second-order valence-corrected chi connectivity index (χ2v) is 23.7. The highest BCUT2D eigenvalue weighted by molar-refractivity contribution is 5.74. The molecular formula is C53H89N3O37. The number of aliphatic hydroxyl groups excluding tert-OH is 19. The van der Waals surface area contributed by atoms with Gasteiger partial charge in [-0.05, 0) is 6.92 Å². The predicted molar refractivity (Wildman–Crippen MR) is 290 cm³/mol. The first-order chi connectivity index (χ1) is 44.0. The van der Waals surface area contributed by atoms with Crippen LogP contribution in [0.3, 0.4) is 0 Å². The summed E-state index contributed by atoms with van der Waals surface area (Å²) in [7, 11) is 0. The van der Waals surface area contributed by atoms with E-state index in [1.807, 2.05) is 0 Å². The van der Waals surface area contributed by atoms with Crippen LogP contribution < -0.4 is 16.0 Å². The summed E-state index contributed by atoms with van der Waals surface area (Å²) in [6, 6.07) is -4.75. The molecule has 7 aliphatic heterocycles. The largest absolute Gasteiger partial charge is 0.410 e. The maximum Gasteiger partial charge on any atom is 0.332 e. The van der Waals surface area contributed by atoms with E-state index < -0.39 is 291 Å². The number of amides is 3. The monoisotopic (exact) mass is 1360 g/mol. The van der Waals surface area contributed by atoms with Crippen molar-refractivity contribution in [3.05, 3.63) is 0 Å². The zero-order valence-corrected chi connectivity index (χ0v) is 50.8. The van der Waals surface area contributed by atoms with Crippen LogP contribution in [0, 0.1) is 5.92 Å². The Morgan fingerprint density at radius 1 is 0.462 bits per heavy atom. The van der Waals surface area contributed by atoms with Crippen LogP contribution in [0.2, 0.25) is 0 Å². The number of hydrogen-bond acceptors (Lipinski definition) is 37. The Kier molecular flexibility index (Phi) is 27.7. The fourth-order valence-corrected chi connectivity index (χ4v) is 12.3. The highest BCUT2D eigenvalue weighted by Crippen LogP contribution is 2.42. The molecule has 36 atom stereocenters. The second-order valence-electron chi connectivity index (χ2n) is 23.7. The molecule has 7 heterocycles. The van der Waals surface area contributed by atoms with Gasteiger partial charge in [0.15, 0.2) is 31.5 Å². The van der Waals surface area contributed by atoms with Gasteiger partial charge in [-0.25, -0.2) is 0 Å². The van der Waals surface area contributed by atoms with Crippen LogP contribution in [-0.2, 0) is 85.5 Å². The molecule has 7 fully saturated rings. The smallest absolute Gasteiger partial charge is 0.332 e. The molecule has 7 aliphatic rings. The molecule has 0 aromatic rings. The standard InChI is InChI=1S/C53H89N3O37/c1-15-20(68)6-53(80-14-64,92-41(15)31(70)21(69)7-57)93-46-34(73)24(10-60)83-51(40(46)79)89-44-27(13-63)86-49(30(37(44)76)56-19(5)67)91-47-38(77)32(71)22(8-58)84-52(47)90-45-33(72)23(9-59)82-50(39(45)78)88-43-26(12-62)85-48(29(36(43)75)55-18(4)66)87-42-25(11-61)81-16(2)28(35(42)74)54-17(3)65/h14-16,20-52,57-63,68-79H,6-13H2,1-5H3,(H,54,65)(H,55,66)(H,56,67)/t15-,16+,20-,21-,22-,23?,24?,25?,26?,27?,28?,29?,30?,31-,32-,33-,34+,35-,36-,37-,38?,39?,40?,41?,42-,43-,44-,45+,46+,47?,48+,49+,50+,51+,52-,53+/m1/s1. The summed E-state index contributed by atoms with van der Waals surface area (Å²) in [5.74, 6) is -6.18. The number of aliphatic hydroxyl groups is 19. The molecule has 7 saturated heterocycles. The molecular weight excluding hydrogens is 1270 g/mol. The summed E-state index contributed by atoms with van der Waals surface area (Å²) in [6.07, 6.45) is -60.5. The Bertz CT molecular complexity index is 2380. The molecule has 0 radical (unpaired) electrons. The summed E-state index contributed by atoms with van der Waals surface area (Å²) in [5.41, 5.74) is 0. The van der Waals surface area contributed by atoms with E-state index in [9.17, 15) is 116 Å². The van der Waals surface area contributed by atoms with E-state index in [1.54, 1.807) is 0 Å². The molecule has 93 heavy (non-hydrogen) atoms. The molecule has 0 aliphatic carbocycles. The Labute approximate surface area is 529 Å².